The third-order valence-electron chi connectivity index (χ3n) is 5.09. The van der Waals surface area contributed by atoms with Gasteiger partial charge in [-0.3, -0.25) is 14.5 Å². The monoisotopic (exact) mass is 327 g/mol. The molecule has 2 heterocycles. The van der Waals surface area contributed by atoms with Gasteiger partial charge in [-0.25, -0.2) is 0 Å². The lowest BCUT2D eigenvalue weighted by Gasteiger charge is -2.38. The fourth-order valence-electron chi connectivity index (χ4n) is 3.79. The van der Waals surface area contributed by atoms with Gasteiger partial charge in [-0.1, -0.05) is 30.3 Å². The quantitative estimate of drug-likeness (QED) is 0.855. The summed E-state index contributed by atoms with van der Waals surface area (Å²) in [6.45, 7) is 2.43. The second kappa shape index (κ2) is 7.62. The van der Waals surface area contributed by atoms with Crippen LogP contribution in [0, 0.1) is 0 Å². The molecule has 24 heavy (non-hydrogen) atoms. The van der Waals surface area contributed by atoms with Crippen LogP contribution in [0.3, 0.4) is 0 Å². The van der Waals surface area contributed by atoms with Crippen molar-refractivity contribution in [2.45, 2.75) is 37.8 Å². The summed E-state index contributed by atoms with van der Waals surface area (Å²) < 4.78 is 0. The molecule has 0 bridgehead atoms. The molecule has 0 saturated carbocycles. The number of carbonyl (C=O) groups excluding carboxylic acids is 2. The van der Waals surface area contributed by atoms with Crippen molar-refractivity contribution in [2.24, 2.45) is 5.73 Å². The van der Waals surface area contributed by atoms with E-state index in [9.17, 15) is 9.59 Å². The van der Waals surface area contributed by atoms with E-state index < -0.39 is 0 Å². The molecule has 0 radical (unpaired) electrons. The molecule has 5 nitrogen and oxygen atoms in total. The van der Waals surface area contributed by atoms with Crippen LogP contribution in [0.4, 0.5) is 0 Å². The van der Waals surface area contributed by atoms with E-state index in [4.69, 9.17) is 5.73 Å². The average Bonchev–Trinajstić information content (AvgIpc) is 3.11. The maximum atomic E-state index is 12.3. The van der Waals surface area contributed by atoms with Gasteiger partial charge < -0.3 is 10.6 Å². The molecule has 5 heteroatoms. The first-order valence-electron chi connectivity index (χ1n) is 8.72. The van der Waals surface area contributed by atoms with Crippen molar-refractivity contribution >= 4 is 17.9 Å². The second-order valence-electron chi connectivity index (χ2n) is 6.60. The molecule has 128 valence electrons. The van der Waals surface area contributed by atoms with Crippen LogP contribution >= 0.6 is 0 Å². The molecule has 0 aliphatic carbocycles. The first-order valence-corrected chi connectivity index (χ1v) is 8.72. The van der Waals surface area contributed by atoms with Crippen molar-refractivity contribution in [3.05, 3.63) is 42.0 Å². The Hall–Kier alpha value is -2.14. The van der Waals surface area contributed by atoms with Gasteiger partial charge in [-0.05, 0) is 43.9 Å². The predicted octanol–water partition coefficient (Wildman–Crippen LogP) is 1.64. The van der Waals surface area contributed by atoms with Gasteiger partial charge in [-0.2, -0.15) is 0 Å². The van der Waals surface area contributed by atoms with E-state index in [0.717, 1.165) is 50.9 Å². The summed E-state index contributed by atoms with van der Waals surface area (Å²) in [7, 11) is 0. The van der Waals surface area contributed by atoms with Crippen molar-refractivity contribution < 1.29 is 9.59 Å². The zero-order chi connectivity index (χ0) is 16.9. The molecule has 0 aromatic heterocycles. The molecular weight excluding hydrogens is 302 g/mol. The molecule has 2 fully saturated rings. The van der Waals surface area contributed by atoms with E-state index in [1.54, 1.807) is 6.08 Å². The molecule has 2 N–H and O–H groups in total. The number of piperidine rings is 1. The molecular formula is C19H25N3O2. The third-order valence-corrected chi connectivity index (χ3v) is 5.09. The van der Waals surface area contributed by atoms with Crippen molar-refractivity contribution in [1.82, 2.24) is 9.80 Å². The van der Waals surface area contributed by atoms with Crippen molar-refractivity contribution in [2.75, 3.05) is 19.6 Å². The number of likely N-dealkylation sites (tertiary alicyclic amines) is 2. The van der Waals surface area contributed by atoms with Crippen LogP contribution in [-0.4, -0.2) is 53.3 Å². The van der Waals surface area contributed by atoms with Crippen LogP contribution in [0.1, 0.15) is 31.2 Å². The average molecular weight is 327 g/mol. The van der Waals surface area contributed by atoms with E-state index >= 15 is 0 Å². The number of nitrogens with two attached hydrogens (primary N) is 1. The Morgan fingerprint density at radius 2 is 1.75 bits per heavy atom. The van der Waals surface area contributed by atoms with Gasteiger partial charge in [0.05, 0.1) is 6.04 Å². The number of rotatable bonds is 4. The summed E-state index contributed by atoms with van der Waals surface area (Å²) in [6.07, 6.45) is 7.24. The minimum Gasteiger partial charge on any atom is -0.368 e. The topological polar surface area (TPSA) is 66.6 Å². The Morgan fingerprint density at radius 3 is 2.42 bits per heavy atom. The van der Waals surface area contributed by atoms with Crippen molar-refractivity contribution in [3.8, 4) is 0 Å². The number of primary amides is 1. The molecule has 0 unspecified atom stereocenters. The van der Waals surface area contributed by atoms with E-state index in [2.05, 4.69) is 4.90 Å². The molecule has 1 aromatic carbocycles. The Bertz CT molecular complexity index is 606. The number of nitrogens with zero attached hydrogens (tertiary/aromatic N) is 2. The predicted molar refractivity (Wildman–Crippen MR) is 94.0 cm³/mol. The van der Waals surface area contributed by atoms with Crippen LogP contribution in [-0.2, 0) is 9.59 Å². The van der Waals surface area contributed by atoms with Crippen LogP contribution < -0.4 is 5.73 Å². The highest BCUT2D eigenvalue weighted by Crippen LogP contribution is 2.26. The van der Waals surface area contributed by atoms with E-state index in [1.165, 1.54) is 0 Å². The highest BCUT2D eigenvalue weighted by molar-refractivity contribution is 5.91. The standard InChI is InChI=1S/C19H25N3O2/c20-19(24)17-7-4-12-22(17)16-10-13-21(14-11-16)18(23)9-8-15-5-2-1-3-6-15/h1-3,5-6,8-9,16-17H,4,7,10-14H2,(H2,20,24)/b9-8+/t17-/m1/s1. The maximum Gasteiger partial charge on any atom is 0.246 e. The fourth-order valence-corrected chi connectivity index (χ4v) is 3.79. The van der Waals surface area contributed by atoms with Crippen LogP contribution in [0.25, 0.3) is 6.08 Å². The molecule has 1 atom stereocenters. The van der Waals surface area contributed by atoms with Crippen molar-refractivity contribution in [3.63, 3.8) is 0 Å². The van der Waals surface area contributed by atoms with Gasteiger partial charge in [0.15, 0.2) is 0 Å². The van der Waals surface area contributed by atoms with Gasteiger partial charge in [0, 0.05) is 25.2 Å². The number of carbonyl (C=O) groups is 2. The summed E-state index contributed by atoms with van der Waals surface area (Å²) in [5, 5.41) is 0. The largest absolute Gasteiger partial charge is 0.368 e. The maximum absolute atomic E-state index is 12.3. The summed E-state index contributed by atoms with van der Waals surface area (Å²) in [5.41, 5.74) is 6.54. The Labute approximate surface area is 143 Å². The second-order valence-corrected chi connectivity index (χ2v) is 6.60. The van der Waals surface area contributed by atoms with Crippen LogP contribution in [0.5, 0.6) is 0 Å². The smallest absolute Gasteiger partial charge is 0.246 e. The minimum atomic E-state index is -0.211. The summed E-state index contributed by atoms with van der Waals surface area (Å²) in [5.74, 6) is -0.151. The van der Waals surface area contributed by atoms with Crippen molar-refractivity contribution in [1.29, 1.82) is 0 Å². The molecule has 3 rings (SSSR count). The zero-order valence-corrected chi connectivity index (χ0v) is 13.9. The fraction of sp³-hybridized carbons (Fsp3) is 0.474. The minimum absolute atomic E-state index is 0.0603. The normalized spacial score (nSPS) is 23.0. The third kappa shape index (κ3) is 3.85. The molecule has 2 amide bonds. The molecule has 2 aliphatic heterocycles. The lowest BCUT2D eigenvalue weighted by Crippen LogP contribution is -2.51. The van der Waals surface area contributed by atoms with E-state index in [-0.39, 0.29) is 17.9 Å². The van der Waals surface area contributed by atoms with Gasteiger partial charge in [-0.15, -0.1) is 0 Å². The number of benzene rings is 1. The number of hydrogen-bond acceptors (Lipinski definition) is 3. The lowest BCUT2D eigenvalue weighted by atomic mass is 10.0. The molecule has 1 aromatic rings. The molecule has 0 spiro atoms. The van der Waals surface area contributed by atoms with Gasteiger partial charge in [0.1, 0.15) is 0 Å². The van der Waals surface area contributed by atoms with E-state index in [0.29, 0.717) is 6.04 Å². The number of amides is 2. The Morgan fingerprint density at radius 1 is 1.04 bits per heavy atom. The Kier molecular flexibility index (Phi) is 5.30. The first-order chi connectivity index (χ1) is 11.6. The summed E-state index contributed by atoms with van der Waals surface area (Å²) >= 11 is 0. The lowest BCUT2D eigenvalue weighted by molar-refractivity contribution is -0.129. The molecule has 2 saturated heterocycles. The van der Waals surface area contributed by atoms with Gasteiger partial charge in [0.2, 0.25) is 11.8 Å². The summed E-state index contributed by atoms with van der Waals surface area (Å²) in [4.78, 5) is 28.0. The molecule has 2 aliphatic rings. The van der Waals surface area contributed by atoms with Crippen LogP contribution in [0.15, 0.2) is 36.4 Å². The zero-order valence-electron chi connectivity index (χ0n) is 13.9. The van der Waals surface area contributed by atoms with E-state index in [1.807, 2.05) is 41.3 Å². The highest BCUT2D eigenvalue weighted by atomic mass is 16.2. The number of hydrogen-bond donors (Lipinski definition) is 1. The Balaban J connectivity index is 1.52. The highest BCUT2D eigenvalue weighted by Gasteiger charge is 2.35. The first kappa shape index (κ1) is 16.7. The summed E-state index contributed by atoms with van der Waals surface area (Å²) in [6, 6.07) is 10.1. The van der Waals surface area contributed by atoms with Gasteiger partial charge in [0.25, 0.3) is 0 Å². The van der Waals surface area contributed by atoms with Gasteiger partial charge >= 0.3 is 0 Å². The SMILES string of the molecule is NC(=O)[C@H]1CCCN1C1CCN(C(=O)/C=C/c2ccccc2)CC1. The van der Waals surface area contributed by atoms with Crippen LogP contribution in [0.2, 0.25) is 0 Å².